The van der Waals surface area contributed by atoms with Crippen LogP contribution >= 0.6 is 35.0 Å². The zero-order valence-corrected chi connectivity index (χ0v) is 19.4. The number of nitrogens with zero attached hydrogens (tertiary/aromatic N) is 2. The Balaban J connectivity index is 1.74. The standard InChI is InChI=1S/C19H18Cl2N4O4S2/c1-2-25-18(27)15(10-16(26)24-14-5-3-4-13(20)17(14)21)30-19(25)23-11-6-8-12(9-7-11)31(22,28)29/h3-9,15H,2,10H2,1H3,(H,24,26)(H2,22,28,29). The van der Waals surface area contributed by atoms with Gasteiger partial charge in [-0.1, -0.05) is 41.0 Å². The minimum absolute atomic E-state index is 0.0341. The second-order valence-corrected chi connectivity index (χ2v) is 9.99. The van der Waals surface area contributed by atoms with Crippen molar-refractivity contribution in [2.75, 3.05) is 11.9 Å². The lowest BCUT2D eigenvalue weighted by atomic mass is 10.2. The van der Waals surface area contributed by atoms with Crippen molar-refractivity contribution in [1.82, 2.24) is 4.90 Å². The number of primary sulfonamides is 1. The minimum atomic E-state index is -3.81. The molecule has 0 saturated carbocycles. The number of amides is 2. The number of hydrogen-bond acceptors (Lipinski definition) is 6. The van der Waals surface area contributed by atoms with E-state index in [-0.39, 0.29) is 28.2 Å². The van der Waals surface area contributed by atoms with Gasteiger partial charge in [-0.3, -0.25) is 14.5 Å². The van der Waals surface area contributed by atoms with Gasteiger partial charge in [0.2, 0.25) is 21.8 Å². The molecule has 0 radical (unpaired) electrons. The summed E-state index contributed by atoms with van der Waals surface area (Å²) >= 11 is 13.2. The van der Waals surface area contributed by atoms with Crippen molar-refractivity contribution in [3.63, 3.8) is 0 Å². The van der Waals surface area contributed by atoms with Crippen LogP contribution in [0.4, 0.5) is 11.4 Å². The minimum Gasteiger partial charge on any atom is -0.325 e. The number of nitrogens with two attached hydrogens (primary N) is 1. The summed E-state index contributed by atoms with van der Waals surface area (Å²) in [5.41, 5.74) is 0.822. The lowest BCUT2D eigenvalue weighted by molar-refractivity contribution is -0.128. The second kappa shape index (κ2) is 9.58. The molecule has 0 spiro atoms. The van der Waals surface area contributed by atoms with E-state index in [9.17, 15) is 18.0 Å². The highest BCUT2D eigenvalue weighted by molar-refractivity contribution is 8.15. The molecule has 1 unspecified atom stereocenters. The van der Waals surface area contributed by atoms with Gasteiger partial charge in [-0.05, 0) is 43.3 Å². The van der Waals surface area contributed by atoms with Crippen molar-refractivity contribution in [3.8, 4) is 0 Å². The molecule has 3 rings (SSSR count). The topological polar surface area (TPSA) is 122 Å². The molecule has 2 aromatic rings. The number of anilines is 1. The molecule has 164 valence electrons. The third-order valence-electron chi connectivity index (χ3n) is 4.32. The molecule has 0 aliphatic carbocycles. The quantitative estimate of drug-likeness (QED) is 0.626. The average Bonchev–Trinajstić information content (AvgIpc) is 2.99. The van der Waals surface area contributed by atoms with E-state index in [1.807, 2.05) is 0 Å². The summed E-state index contributed by atoms with van der Waals surface area (Å²) in [6.45, 7) is 2.17. The molecular formula is C19H18Cl2N4O4S2. The zero-order chi connectivity index (χ0) is 22.8. The summed E-state index contributed by atoms with van der Waals surface area (Å²) < 4.78 is 22.8. The van der Waals surface area contributed by atoms with Crippen molar-refractivity contribution in [3.05, 3.63) is 52.5 Å². The molecule has 1 fully saturated rings. The Morgan fingerprint density at radius 3 is 2.52 bits per heavy atom. The first-order valence-electron chi connectivity index (χ1n) is 9.03. The summed E-state index contributed by atoms with van der Waals surface area (Å²) in [5.74, 6) is -0.621. The fourth-order valence-electron chi connectivity index (χ4n) is 2.81. The van der Waals surface area contributed by atoms with Crippen LogP contribution < -0.4 is 10.5 Å². The first-order chi connectivity index (χ1) is 14.6. The van der Waals surface area contributed by atoms with Crippen molar-refractivity contribution < 1.29 is 18.0 Å². The highest BCUT2D eigenvalue weighted by atomic mass is 35.5. The van der Waals surface area contributed by atoms with E-state index in [0.717, 1.165) is 0 Å². The Labute approximate surface area is 193 Å². The third-order valence-corrected chi connectivity index (χ3v) is 7.25. The van der Waals surface area contributed by atoms with Gasteiger partial charge in [-0.2, -0.15) is 0 Å². The normalized spacial score (nSPS) is 17.9. The van der Waals surface area contributed by atoms with E-state index in [0.29, 0.717) is 28.1 Å². The Kier molecular flexibility index (Phi) is 7.28. The SMILES string of the molecule is CCN1C(=O)C(CC(=O)Nc2cccc(Cl)c2Cl)SC1=Nc1ccc(S(N)(=O)=O)cc1. The van der Waals surface area contributed by atoms with E-state index in [2.05, 4.69) is 10.3 Å². The van der Waals surface area contributed by atoms with Crippen LogP contribution in [0.3, 0.4) is 0 Å². The number of thioether (sulfide) groups is 1. The van der Waals surface area contributed by atoms with Crippen LogP contribution in [-0.4, -0.2) is 42.1 Å². The van der Waals surface area contributed by atoms with Crippen molar-refractivity contribution >= 4 is 73.3 Å². The Hall–Kier alpha value is -2.11. The molecule has 3 N–H and O–H groups in total. The van der Waals surface area contributed by atoms with Gasteiger partial charge in [0.1, 0.15) is 5.25 Å². The maximum Gasteiger partial charge on any atom is 0.242 e. The van der Waals surface area contributed by atoms with Crippen molar-refractivity contribution in [1.29, 1.82) is 0 Å². The van der Waals surface area contributed by atoms with E-state index in [1.165, 1.54) is 40.9 Å². The van der Waals surface area contributed by atoms with Crippen LogP contribution in [0.2, 0.25) is 10.0 Å². The van der Waals surface area contributed by atoms with Gasteiger partial charge in [-0.25, -0.2) is 18.5 Å². The first-order valence-corrected chi connectivity index (χ1v) is 12.2. The van der Waals surface area contributed by atoms with Crippen LogP contribution in [0.15, 0.2) is 52.4 Å². The van der Waals surface area contributed by atoms with Gasteiger partial charge in [-0.15, -0.1) is 0 Å². The number of amidine groups is 1. The number of rotatable bonds is 6. The largest absolute Gasteiger partial charge is 0.325 e. The Morgan fingerprint density at radius 1 is 1.23 bits per heavy atom. The number of benzene rings is 2. The summed E-state index contributed by atoms with van der Waals surface area (Å²) in [7, 11) is -3.81. The van der Waals surface area contributed by atoms with Crippen LogP contribution in [-0.2, 0) is 19.6 Å². The van der Waals surface area contributed by atoms with Crippen LogP contribution in [0.5, 0.6) is 0 Å². The number of carbonyl (C=O) groups excluding carboxylic acids is 2. The molecule has 2 aromatic carbocycles. The number of halogens is 2. The molecule has 2 amide bonds. The number of sulfonamides is 1. The fourth-order valence-corrected chi connectivity index (χ4v) is 4.89. The maximum absolute atomic E-state index is 12.7. The Bertz CT molecular complexity index is 1150. The van der Waals surface area contributed by atoms with Gasteiger partial charge >= 0.3 is 0 Å². The molecule has 12 heteroatoms. The predicted octanol–water partition coefficient (Wildman–Crippen LogP) is 3.62. The van der Waals surface area contributed by atoms with Gasteiger partial charge in [0.05, 0.1) is 26.3 Å². The van der Waals surface area contributed by atoms with Gasteiger partial charge in [0, 0.05) is 13.0 Å². The highest BCUT2D eigenvalue weighted by Crippen LogP contribution is 2.33. The summed E-state index contributed by atoms with van der Waals surface area (Å²) in [6, 6.07) is 10.5. The summed E-state index contributed by atoms with van der Waals surface area (Å²) in [4.78, 5) is 31.1. The highest BCUT2D eigenvalue weighted by Gasteiger charge is 2.38. The molecule has 8 nitrogen and oxygen atoms in total. The van der Waals surface area contributed by atoms with E-state index >= 15 is 0 Å². The summed E-state index contributed by atoms with van der Waals surface area (Å²) in [6.07, 6.45) is -0.0772. The van der Waals surface area contributed by atoms with Crippen molar-refractivity contribution in [2.24, 2.45) is 10.1 Å². The number of aliphatic imine (C=N–C) groups is 1. The van der Waals surface area contributed by atoms with Crippen LogP contribution in [0.1, 0.15) is 13.3 Å². The van der Waals surface area contributed by atoms with Gasteiger partial charge < -0.3 is 5.32 Å². The fraction of sp³-hybridized carbons (Fsp3) is 0.211. The molecule has 1 heterocycles. The van der Waals surface area contributed by atoms with E-state index < -0.39 is 15.3 Å². The predicted molar refractivity (Wildman–Crippen MR) is 123 cm³/mol. The zero-order valence-electron chi connectivity index (χ0n) is 16.2. The molecule has 1 atom stereocenters. The van der Waals surface area contributed by atoms with E-state index in [1.54, 1.807) is 25.1 Å². The number of hydrogen-bond donors (Lipinski definition) is 2. The average molecular weight is 501 g/mol. The number of carbonyl (C=O) groups is 2. The molecule has 31 heavy (non-hydrogen) atoms. The lowest BCUT2D eigenvalue weighted by Crippen LogP contribution is -2.33. The first kappa shape index (κ1) is 23.6. The van der Waals surface area contributed by atoms with Gasteiger partial charge in [0.15, 0.2) is 5.17 Å². The molecule has 1 saturated heterocycles. The third kappa shape index (κ3) is 5.58. The maximum atomic E-state index is 12.7. The monoisotopic (exact) mass is 500 g/mol. The second-order valence-electron chi connectivity index (χ2n) is 6.48. The molecule has 0 bridgehead atoms. The molecular weight excluding hydrogens is 483 g/mol. The molecule has 1 aliphatic rings. The van der Waals surface area contributed by atoms with Crippen molar-refractivity contribution in [2.45, 2.75) is 23.5 Å². The molecule has 1 aliphatic heterocycles. The van der Waals surface area contributed by atoms with Crippen LogP contribution in [0.25, 0.3) is 0 Å². The smallest absolute Gasteiger partial charge is 0.242 e. The van der Waals surface area contributed by atoms with Crippen LogP contribution in [0, 0.1) is 0 Å². The van der Waals surface area contributed by atoms with E-state index in [4.69, 9.17) is 28.3 Å². The van der Waals surface area contributed by atoms with Gasteiger partial charge in [0.25, 0.3) is 0 Å². The lowest BCUT2D eigenvalue weighted by Gasteiger charge is -2.13. The molecule has 0 aromatic heterocycles. The number of nitrogens with one attached hydrogen (secondary N) is 1. The Morgan fingerprint density at radius 2 is 1.90 bits per heavy atom. The summed E-state index contributed by atoms with van der Waals surface area (Å²) in [5, 5.41) is 8.07.